The van der Waals surface area contributed by atoms with Crippen LogP contribution in [-0.4, -0.2) is 34.8 Å². The molecule has 144 valence electrons. The van der Waals surface area contributed by atoms with Crippen molar-refractivity contribution in [3.05, 3.63) is 69.7 Å². The van der Waals surface area contributed by atoms with E-state index in [-0.39, 0.29) is 12.5 Å². The number of hydrogen-bond donors (Lipinski definition) is 1. The van der Waals surface area contributed by atoms with Crippen molar-refractivity contribution in [2.24, 2.45) is 0 Å². The highest BCUT2D eigenvalue weighted by atomic mass is 32.1. The number of benzene rings is 1. The summed E-state index contributed by atoms with van der Waals surface area (Å²) in [5, 5.41) is 9.27. The maximum absolute atomic E-state index is 12.5. The molecule has 7 heteroatoms. The minimum absolute atomic E-state index is 0.295. The number of carbonyl (C=O) groups excluding carboxylic acids is 2. The molecule has 0 aliphatic heterocycles. The molecule has 1 aliphatic rings. The number of fused-ring (bicyclic) bond motifs is 1. The number of carbonyl (C=O) groups is 2. The highest BCUT2D eigenvalue weighted by Gasteiger charge is 2.28. The minimum atomic E-state index is -0.541. The number of esters is 1. The van der Waals surface area contributed by atoms with Crippen molar-refractivity contribution in [3.63, 3.8) is 0 Å². The van der Waals surface area contributed by atoms with Gasteiger partial charge in [-0.3, -0.25) is 4.79 Å². The second-order valence-corrected chi connectivity index (χ2v) is 7.66. The van der Waals surface area contributed by atoms with Crippen molar-refractivity contribution in [2.75, 3.05) is 13.2 Å². The molecule has 1 aromatic carbocycles. The van der Waals surface area contributed by atoms with E-state index in [0.717, 1.165) is 42.6 Å². The number of amides is 1. The van der Waals surface area contributed by atoms with E-state index in [0.29, 0.717) is 12.2 Å². The molecule has 1 N–H and O–H groups in total. The first-order chi connectivity index (χ1) is 13.7. The van der Waals surface area contributed by atoms with Gasteiger partial charge in [0.05, 0.1) is 5.69 Å². The predicted molar refractivity (Wildman–Crippen MR) is 107 cm³/mol. The maximum atomic E-state index is 12.5. The normalized spacial score (nSPS) is 12.6. The summed E-state index contributed by atoms with van der Waals surface area (Å²) in [6, 6.07) is 13.8. The predicted octanol–water partition coefficient (Wildman–Crippen LogP) is 2.94. The third-order valence-electron chi connectivity index (χ3n) is 4.73. The van der Waals surface area contributed by atoms with Gasteiger partial charge in [-0.05, 0) is 49.3 Å². The van der Waals surface area contributed by atoms with Crippen molar-refractivity contribution in [2.45, 2.75) is 25.7 Å². The first-order valence-corrected chi connectivity index (χ1v) is 10.2. The molecule has 0 saturated carbocycles. The van der Waals surface area contributed by atoms with Gasteiger partial charge in [-0.15, -0.1) is 11.3 Å². The van der Waals surface area contributed by atoms with E-state index >= 15 is 0 Å². The van der Waals surface area contributed by atoms with Crippen molar-refractivity contribution in [1.82, 2.24) is 15.1 Å². The Labute approximate surface area is 167 Å². The van der Waals surface area contributed by atoms with Crippen LogP contribution in [0.2, 0.25) is 0 Å². The van der Waals surface area contributed by atoms with Crippen molar-refractivity contribution in [1.29, 1.82) is 0 Å². The highest BCUT2D eigenvalue weighted by Crippen LogP contribution is 2.28. The van der Waals surface area contributed by atoms with Crippen molar-refractivity contribution >= 4 is 23.2 Å². The first-order valence-electron chi connectivity index (χ1n) is 9.35. The van der Waals surface area contributed by atoms with Crippen molar-refractivity contribution < 1.29 is 14.3 Å². The summed E-state index contributed by atoms with van der Waals surface area (Å²) in [5.41, 5.74) is 3.24. The topological polar surface area (TPSA) is 73.2 Å². The van der Waals surface area contributed by atoms with E-state index < -0.39 is 5.97 Å². The third kappa shape index (κ3) is 3.99. The fourth-order valence-electron chi connectivity index (χ4n) is 3.41. The Hall–Kier alpha value is -2.93. The number of hydrogen-bond acceptors (Lipinski definition) is 5. The lowest BCUT2D eigenvalue weighted by Gasteiger charge is -2.06. The van der Waals surface area contributed by atoms with Gasteiger partial charge in [0.2, 0.25) is 0 Å². The van der Waals surface area contributed by atoms with Gasteiger partial charge < -0.3 is 10.1 Å². The maximum Gasteiger partial charge on any atom is 0.359 e. The van der Waals surface area contributed by atoms with Crippen LogP contribution in [0, 0.1) is 0 Å². The largest absolute Gasteiger partial charge is 0.451 e. The van der Waals surface area contributed by atoms with Gasteiger partial charge in [0.15, 0.2) is 12.3 Å². The number of ether oxygens (including phenoxy) is 1. The molecule has 6 nitrogen and oxygen atoms in total. The van der Waals surface area contributed by atoms with Gasteiger partial charge >= 0.3 is 5.97 Å². The Bertz CT molecular complexity index is 964. The lowest BCUT2D eigenvalue weighted by Crippen LogP contribution is -2.30. The molecule has 0 fully saturated rings. The lowest BCUT2D eigenvalue weighted by molar-refractivity contribution is -0.124. The summed E-state index contributed by atoms with van der Waals surface area (Å²) in [5.74, 6) is -0.842. The molecular weight excluding hydrogens is 374 g/mol. The number of thiophene rings is 1. The molecule has 1 aliphatic carbocycles. The summed E-state index contributed by atoms with van der Waals surface area (Å²) in [7, 11) is 0. The Morgan fingerprint density at radius 2 is 2.00 bits per heavy atom. The van der Waals surface area contributed by atoms with Gasteiger partial charge in [-0.25, -0.2) is 9.48 Å². The summed E-state index contributed by atoms with van der Waals surface area (Å²) < 4.78 is 7.05. The van der Waals surface area contributed by atoms with Gasteiger partial charge in [0.1, 0.15) is 0 Å². The summed E-state index contributed by atoms with van der Waals surface area (Å²) >= 11 is 1.65. The van der Waals surface area contributed by atoms with Crippen LogP contribution in [0.25, 0.3) is 5.69 Å². The molecule has 0 unspecified atom stereocenters. The van der Waals surface area contributed by atoms with Crippen molar-refractivity contribution in [3.8, 4) is 5.69 Å². The quantitative estimate of drug-likeness (QED) is 0.625. The van der Waals surface area contributed by atoms with E-state index in [1.807, 2.05) is 52.5 Å². The summed E-state index contributed by atoms with van der Waals surface area (Å²) in [6.07, 6.45) is 3.45. The monoisotopic (exact) mass is 395 g/mol. The van der Waals surface area contributed by atoms with Gasteiger partial charge in [-0.1, -0.05) is 24.3 Å². The summed E-state index contributed by atoms with van der Waals surface area (Å²) in [6.45, 7) is 0.227. The number of aromatic nitrogens is 2. The second-order valence-electron chi connectivity index (χ2n) is 6.63. The highest BCUT2D eigenvalue weighted by molar-refractivity contribution is 7.09. The fourth-order valence-corrected chi connectivity index (χ4v) is 4.12. The molecule has 1 amide bonds. The standard InChI is InChI=1S/C21H21N3O3S/c25-19(22-12-11-16-8-5-13-28-16)14-27-21(26)20-17-9-4-10-18(17)24(23-20)15-6-2-1-3-7-15/h1-3,5-8,13H,4,9-12,14H2,(H,22,25). The van der Waals surface area contributed by atoms with Crippen LogP contribution >= 0.6 is 11.3 Å². The molecule has 0 bridgehead atoms. The molecule has 28 heavy (non-hydrogen) atoms. The van der Waals surface area contributed by atoms with Gasteiger partial charge in [0.25, 0.3) is 5.91 Å². The molecule has 4 rings (SSSR count). The molecule has 0 spiro atoms. The van der Waals surface area contributed by atoms with Crippen LogP contribution in [0.3, 0.4) is 0 Å². The molecule has 2 aromatic heterocycles. The van der Waals surface area contributed by atoms with Crippen LogP contribution in [-0.2, 0) is 28.8 Å². The average Bonchev–Trinajstić information content (AvgIpc) is 3.44. The minimum Gasteiger partial charge on any atom is -0.451 e. The second kappa shape index (κ2) is 8.39. The number of nitrogens with zero attached hydrogens (tertiary/aromatic N) is 2. The smallest absolute Gasteiger partial charge is 0.359 e. The Kier molecular flexibility index (Phi) is 5.53. The number of nitrogens with one attached hydrogen (secondary N) is 1. The zero-order valence-electron chi connectivity index (χ0n) is 15.4. The Balaban J connectivity index is 1.36. The van der Waals surface area contributed by atoms with Crippen LogP contribution in [0.4, 0.5) is 0 Å². The zero-order valence-corrected chi connectivity index (χ0v) is 16.2. The molecule has 0 saturated heterocycles. The molecular formula is C21H21N3O3S. The first kappa shape index (κ1) is 18.4. The Morgan fingerprint density at radius 1 is 1.14 bits per heavy atom. The third-order valence-corrected chi connectivity index (χ3v) is 5.67. The van der Waals surface area contributed by atoms with E-state index in [1.54, 1.807) is 11.3 Å². The fraction of sp³-hybridized carbons (Fsp3) is 0.286. The van der Waals surface area contributed by atoms with E-state index in [2.05, 4.69) is 10.4 Å². The molecule has 3 aromatic rings. The molecule has 0 atom stereocenters. The molecule has 0 radical (unpaired) electrons. The lowest BCUT2D eigenvalue weighted by atomic mass is 10.2. The average molecular weight is 395 g/mol. The van der Waals surface area contributed by atoms with Crippen LogP contribution in [0.15, 0.2) is 47.8 Å². The van der Waals surface area contributed by atoms with E-state index in [1.165, 1.54) is 4.88 Å². The zero-order chi connectivity index (χ0) is 19.3. The summed E-state index contributed by atoms with van der Waals surface area (Å²) in [4.78, 5) is 25.7. The van der Waals surface area contributed by atoms with Crippen LogP contribution < -0.4 is 5.32 Å². The number of para-hydroxylation sites is 1. The number of rotatable bonds is 7. The molecule has 2 heterocycles. The van der Waals surface area contributed by atoms with E-state index in [9.17, 15) is 9.59 Å². The SMILES string of the molecule is O=C(COC(=O)c1nn(-c2ccccc2)c2c1CCC2)NCCc1cccs1. The van der Waals surface area contributed by atoms with Crippen LogP contribution in [0.1, 0.15) is 33.0 Å². The van der Waals surface area contributed by atoms with Gasteiger partial charge in [-0.2, -0.15) is 5.10 Å². The Morgan fingerprint density at radius 3 is 2.79 bits per heavy atom. The van der Waals surface area contributed by atoms with Crippen LogP contribution in [0.5, 0.6) is 0 Å². The van der Waals surface area contributed by atoms with Gasteiger partial charge in [0, 0.05) is 22.7 Å². The van der Waals surface area contributed by atoms with E-state index in [4.69, 9.17) is 4.74 Å².